The molecule has 2 aromatic rings. The smallest absolute Gasteiger partial charge is 0.493 e. The Labute approximate surface area is 145 Å². The van der Waals surface area contributed by atoms with Gasteiger partial charge in [-0.2, -0.15) is 5.26 Å². The topological polar surface area (TPSA) is 85.4 Å². The zero-order chi connectivity index (χ0) is 18.9. The molecule has 0 fully saturated rings. The Bertz CT molecular complexity index is 902. The van der Waals surface area contributed by atoms with E-state index in [0.29, 0.717) is 41.9 Å². The molecule has 0 aliphatic carbocycles. The van der Waals surface area contributed by atoms with Crippen molar-refractivity contribution in [1.82, 2.24) is 0 Å². The highest BCUT2D eigenvalue weighted by Crippen LogP contribution is 2.42. The van der Waals surface area contributed by atoms with Gasteiger partial charge in [0.05, 0.1) is 11.5 Å². The van der Waals surface area contributed by atoms with Crippen molar-refractivity contribution in [3.8, 4) is 28.7 Å². The summed E-state index contributed by atoms with van der Waals surface area (Å²) in [5.41, 5.74) is 0.806. The van der Waals surface area contributed by atoms with Gasteiger partial charge in [0.1, 0.15) is 23.1 Å². The van der Waals surface area contributed by atoms with Crippen LogP contribution in [-0.2, 0) is 6.42 Å². The molecule has 26 heavy (non-hydrogen) atoms. The normalized spacial score (nSPS) is 13.3. The first-order valence-electron chi connectivity index (χ1n) is 7.53. The van der Waals surface area contributed by atoms with E-state index in [0.717, 1.165) is 12.1 Å². The number of fused-ring (bicyclic) bond motifs is 1. The number of rotatable bonds is 3. The van der Waals surface area contributed by atoms with Crippen LogP contribution in [0.5, 0.6) is 11.5 Å². The van der Waals surface area contributed by atoms with E-state index in [2.05, 4.69) is 4.74 Å². The Hall–Kier alpha value is -3.28. The molecule has 0 amide bonds. The van der Waals surface area contributed by atoms with E-state index in [-0.39, 0.29) is 11.3 Å². The lowest BCUT2D eigenvalue weighted by Gasteiger charge is -2.21. The molecule has 1 heterocycles. The molecule has 0 aromatic heterocycles. The summed E-state index contributed by atoms with van der Waals surface area (Å²) in [5, 5.41) is 20.6. The molecule has 1 aliphatic heterocycles. The lowest BCUT2D eigenvalue weighted by molar-refractivity contribution is -0.385. The monoisotopic (exact) mass is 364 g/mol. The molecule has 1 aliphatic rings. The van der Waals surface area contributed by atoms with Gasteiger partial charge in [0.2, 0.25) is 0 Å². The number of alkyl halides is 3. The van der Waals surface area contributed by atoms with Crippen molar-refractivity contribution in [3.63, 3.8) is 0 Å². The van der Waals surface area contributed by atoms with Crippen LogP contribution in [0.1, 0.15) is 17.5 Å². The number of hydrogen-bond donors (Lipinski definition) is 0. The van der Waals surface area contributed by atoms with E-state index in [1.807, 2.05) is 6.07 Å². The number of ether oxygens (including phenoxy) is 2. The number of nitriles is 1. The number of nitro benzene ring substituents is 1. The van der Waals surface area contributed by atoms with Crippen molar-refractivity contribution in [2.75, 3.05) is 6.61 Å². The van der Waals surface area contributed by atoms with Crippen LogP contribution in [0.2, 0.25) is 0 Å². The Morgan fingerprint density at radius 1 is 1.27 bits per heavy atom. The maximum absolute atomic E-state index is 12.3. The third-order valence-electron chi connectivity index (χ3n) is 3.88. The van der Waals surface area contributed by atoms with Crippen LogP contribution in [0.3, 0.4) is 0 Å². The molecular weight excluding hydrogens is 353 g/mol. The largest absolute Gasteiger partial charge is 0.573 e. The fourth-order valence-corrected chi connectivity index (χ4v) is 2.85. The average molecular weight is 364 g/mol. The Kier molecular flexibility index (Phi) is 4.42. The van der Waals surface area contributed by atoms with Gasteiger partial charge < -0.3 is 9.47 Å². The van der Waals surface area contributed by atoms with E-state index >= 15 is 0 Å². The van der Waals surface area contributed by atoms with Crippen molar-refractivity contribution < 1.29 is 27.6 Å². The van der Waals surface area contributed by atoms with Crippen LogP contribution < -0.4 is 9.47 Å². The molecule has 0 bridgehead atoms. The van der Waals surface area contributed by atoms with E-state index in [9.17, 15) is 28.5 Å². The third kappa shape index (κ3) is 3.39. The van der Waals surface area contributed by atoms with Crippen LogP contribution in [0.4, 0.5) is 18.9 Å². The molecule has 2 aromatic carbocycles. The lowest BCUT2D eigenvalue weighted by atomic mass is 9.92. The van der Waals surface area contributed by atoms with Crippen molar-refractivity contribution in [2.24, 2.45) is 0 Å². The Morgan fingerprint density at radius 2 is 1.96 bits per heavy atom. The molecule has 9 heteroatoms. The maximum atomic E-state index is 12.3. The van der Waals surface area contributed by atoms with Crippen LogP contribution >= 0.6 is 0 Å². The van der Waals surface area contributed by atoms with Gasteiger partial charge in [0.15, 0.2) is 0 Å². The van der Waals surface area contributed by atoms with E-state index in [1.54, 1.807) is 0 Å². The Balaban J connectivity index is 2.11. The summed E-state index contributed by atoms with van der Waals surface area (Å²) in [5.74, 6) is -0.0536. The second-order valence-electron chi connectivity index (χ2n) is 5.52. The predicted octanol–water partition coefficient (Wildman–Crippen LogP) is 4.36. The number of nitrogens with zero attached hydrogens (tertiary/aromatic N) is 2. The van der Waals surface area contributed by atoms with Crippen molar-refractivity contribution in [2.45, 2.75) is 19.2 Å². The minimum Gasteiger partial charge on any atom is -0.493 e. The highest BCUT2D eigenvalue weighted by Gasteiger charge is 2.31. The summed E-state index contributed by atoms with van der Waals surface area (Å²) < 4.78 is 46.2. The maximum Gasteiger partial charge on any atom is 0.573 e. The zero-order valence-corrected chi connectivity index (χ0v) is 13.2. The average Bonchev–Trinajstić information content (AvgIpc) is 2.59. The first-order chi connectivity index (χ1) is 12.3. The first-order valence-corrected chi connectivity index (χ1v) is 7.53. The van der Waals surface area contributed by atoms with Crippen LogP contribution in [-0.4, -0.2) is 17.9 Å². The quantitative estimate of drug-likeness (QED) is 0.597. The molecular formula is C17H11F3N2O4. The summed E-state index contributed by atoms with van der Waals surface area (Å²) in [6.45, 7) is 0.387. The van der Waals surface area contributed by atoms with Gasteiger partial charge in [-0.1, -0.05) is 12.1 Å². The van der Waals surface area contributed by atoms with Crippen molar-refractivity contribution in [3.05, 3.63) is 51.6 Å². The molecule has 0 radical (unpaired) electrons. The minimum atomic E-state index is -4.81. The zero-order valence-electron chi connectivity index (χ0n) is 13.2. The summed E-state index contributed by atoms with van der Waals surface area (Å²) in [4.78, 5) is 10.7. The van der Waals surface area contributed by atoms with Crippen molar-refractivity contribution >= 4 is 5.69 Å². The number of halogens is 3. The fourth-order valence-electron chi connectivity index (χ4n) is 2.85. The van der Waals surface area contributed by atoms with Crippen LogP contribution in [0.15, 0.2) is 30.3 Å². The van der Waals surface area contributed by atoms with Gasteiger partial charge in [-0.25, -0.2) is 0 Å². The molecule has 3 rings (SSSR count). The highest BCUT2D eigenvalue weighted by atomic mass is 19.4. The van der Waals surface area contributed by atoms with E-state index in [1.165, 1.54) is 18.2 Å². The SMILES string of the molecule is N#Cc1c([N+](=O)[O-])cc(-c2ccc(OC(F)(F)F)cc2)c2c1CCCO2. The molecule has 0 saturated heterocycles. The standard InChI is InChI=1S/C17H11F3N2O4/c18-17(19,20)26-11-5-3-10(4-6-11)13-8-15(22(23)24)14(9-21)12-2-1-7-25-16(12)13/h3-6,8H,1-2,7H2. The van der Waals surface area contributed by atoms with Crippen molar-refractivity contribution in [1.29, 1.82) is 5.26 Å². The molecule has 6 nitrogen and oxygen atoms in total. The highest BCUT2D eigenvalue weighted by molar-refractivity contribution is 5.79. The number of nitro groups is 1. The summed E-state index contributed by atoms with van der Waals surface area (Å²) in [6, 6.07) is 7.99. The first kappa shape index (κ1) is 17.5. The van der Waals surface area contributed by atoms with E-state index in [4.69, 9.17) is 4.74 Å². The second kappa shape index (κ2) is 6.55. The van der Waals surface area contributed by atoms with Gasteiger partial charge in [-0.3, -0.25) is 10.1 Å². The molecule has 0 atom stereocenters. The predicted molar refractivity (Wildman–Crippen MR) is 83.7 cm³/mol. The summed E-state index contributed by atoms with van der Waals surface area (Å²) >= 11 is 0. The minimum absolute atomic E-state index is 0.0505. The summed E-state index contributed by atoms with van der Waals surface area (Å²) in [6.07, 6.45) is -3.75. The number of benzene rings is 2. The van der Waals surface area contributed by atoms with E-state index < -0.39 is 17.0 Å². The summed E-state index contributed by atoms with van der Waals surface area (Å²) in [7, 11) is 0. The molecule has 0 N–H and O–H groups in total. The Morgan fingerprint density at radius 3 is 2.54 bits per heavy atom. The fraction of sp³-hybridized carbons (Fsp3) is 0.235. The van der Waals surface area contributed by atoms with Crippen LogP contribution in [0, 0.1) is 21.4 Å². The van der Waals surface area contributed by atoms with Gasteiger partial charge in [-0.05, 0) is 30.5 Å². The third-order valence-corrected chi connectivity index (χ3v) is 3.88. The van der Waals surface area contributed by atoms with Crippen LogP contribution in [0.25, 0.3) is 11.1 Å². The molecule has 134 valence electrons. The molecule has 0 unspecified atom stereocenters. The number of hydrogen-bond acceptors (Lipinski definition) is 5. The van der Waals surface area contributed by atoms with Gasteiger partial charge in [-0.15, -0.1) is 13.2 Å². The molecule has 0 spiro atoms. The van der Waals surface area contributed by atoms with Gasteiger partial charge in [0.25, 0.3) is 5.69 Å². The van der Waals surface area contributed by atoms with Gasteiger partial charge in [0, 0.05) is 17.2 Å². The lowest BCUT2D eigenvalue weighted by Crippen LogP contribution is -2.17. The molecule has 0 saturated carbocycles. The second-order valence-corrected chi connectivity index (χ2v) is 5.52. The van der Waals surface area contributed by atoms with Gasteiger partial charge >= 0.3 is 6.36 Å².